The third-order valence-electron chi connectivity index (χ3n) is 2.09. The molecule has 0 unspecified atom stereocenters. The molecule has 0 saturated heterocycles. The van der Waals surface area contributed by atoms with Crippen molar-refractivity contribution in [3.63, 3.8) is 0 Å². The van der Waals surface area contributed by atoms with Crippen molar-refractivity contribution in [2.75, 3.05) is 10.5 Å². The van der Waals surface area contributed by atoms with Gasteiger partial charge in [-0.3, -0.25) is 4.72 Å². The van der Waals surface area contributed by atoms with E-state index in [4.69, 9.17) is 5.73 Å². The summed E-state index contributed by atoms with van der Waals surface area (Å²) in [4.78, 5) is 7.15. The standard InChI is InChI=1S/C10H9BrN4O2S/c11-7-1-3-8(4-2-7)15-18(16,17)9-5-13-6-14-10(9)12/h1-6,15H,(H2,12,13,14). The second-order valence-electron chi connectivity index (χ2n) is 3.38. The van der Waals surface area contributed by atoms with Crippen LogP contribution in [0.5, 0.6) is 0 Å². The van der Waals surface area contributed by atoms with E-state index >= 15 is 0 Å². The van der Waals surface area contributed by atoms with Gasteiger partial charge in [-0.05, 0) is 24.3 Å². The Balaban J connectivity index is 2.33. The molecule has 2 rings (SSSR count). The van der Waals surface area contributed by atoms with Crippen LogP contribution >= 0.6 is 15.9 Å². The lowest BCUT2D eigenvalue weighted by molar-refractivity contribution is 0.601. The Kier molecular flexibility index (Phi) is 3.48. The Hall–Kier alpha value is -1.67. The fourth-order valence-corrected chi connectivity index (χ4v) is 2.61. The first-order chi connectivity index (χ1) is 8.49. The number of aromatic nitrogens is 2. The van der Waals surface area contributed by atoms with Gasteiger partial charge in [-0.15, -0.1) is 0 Å². The Morgan fingerprint density at radius 2 is 1.89 bits per heavy atom. The molecule has 0 bridgehead atoms. The van der Waals surface area contributed by atoms with Crippen LogP contribution in [0.25, 0.3) is 0 Å². The number of benzene rings is 1. The molecular formula is C10H9BrN4O2S. The van der Waals surface area contributed by atoms with Crippen molar-refractivity contribution in [1.29, 1.82) is 0 Å². The fourth-order valence-electron chi connectivity index (χ4n) is 1.26. The van der Waals surface area contributed by atoms with Crippen LogP contribution in [0.2, 0.25) is 0 Å². The number of nitrogens with zero attached hydrogens (tertiary/aromatic N) is 2. The van der Waals surface area contributed by atoms with Gasteiger partial charge in [-0.2, -0.15) is 0 Å². The molecule has 6 nitrogen and oxygen atoms in total. The molecule has 3 N–H and O–H groups in total. The van der Waals surface area contributed by atoms with Crippen LogP contribution in [0, 0.1) is 0 Å². The van der Waals surface area contributed by atoms with Crippen molar-refractivity contribution < 1.29 is 8.42 Å². The van der Waals surface area contributed by atoms with Crippen molar-refractivity contribution in [1.82, 2.24) is 9.97 Å². The first kappa shape index (κ1) is 12.8. The SMILES string of the molecule is Nc1ncncc1S(=O)(=O)Nc1ccc(Br)cc1. The van der Waals surface area contributed by atoms with E-state index in [9.17, 15) is 8.42 Å². The fraction of sp³-hybridized carbons (Fsp3) is 0. The molecule has 18 heavy (non-hydrogen) atoms. The lowest BCUT2D eigenvalue weighted by Crippen LogP contribution is -2.15. The van der Waals surface area contributed by atoms with Crippen molar-refractivity contribution in [2.45, 2.75) is 4.90 Å². The predicted octanol–water partition coefficient (Wildman–Crippen LogP) is 1.62. The minimum atomic E-state index is -3.77. The van der Waals surface area contributed by atoms with Crippen molar-refractivity contribution in [3.8, 4) is 0 Å². The highest BCUT2D eigenvalue weighted by Crippen LogP contribution is 2.20. The van der Waals surface area contributed by atoms with E-state index in [0.29, 0.717) is 5.69 Å². The first-order valence-corrected chi connectivity index (χ1v) is 7.10. The lowest BCUT2D eigenvalue weighted by atomic mass is 10.3. The molecule has 0 fully saturated rings. The van der Waals surface area contributed by atoms with Crippen LogP contribution in [0.4, 0.5) is 11.5 Å². The second-order valence-corrected chi connectivity index (χ2v) is 5.95. The monoisotopic (exact) mass is 328 g/mol. The number of nitrogens with two attached hydrogens (primary N) is 1. The highest BCUT2D eigenvalue weighted by atomic mass is 79.9. The molecule has 0 aliphatic carbocycles. The van der Waals surface area contributed by atoms with Crippen LogP contribution < -0.4 is 10.5 Å². The van der Waals surface area contributed by atoms with E-state index in [1.54, 1.807) is 24.3 Å². The van der Waals surface area contributed by atoms with Gasteiger partial charge in [0.1, 0.15) is 17.0 Å². The molecule has 1 heterocycles. The number of hydrogen-bond acceptors (Lipinski definition) is 5. The van der Waals surface area contributed by atoms with E-state index in [2.05, 4.69) is 30.6 Å². The zero-order valence-corrected chi connectivity index (χ0v) is 11.4. The van der Waals surface area contributed by atoms with Crippen molar-refractivity contribution >= 4 is 37.5 Å². The molecule has 0 radical (unpaired) electrons. The van der Waals surface area contributed by atoms with E-state index in [0.717, 1.165) is 10.7 Å². The van der Waals surface area contributed by atoms with Gasteiger partial charge in [0, 0.05) is 10.2 Å². The highest BCUT2D eigenvalue weighted by molar-refractivity contribution is 9.10. The summed E-state index contributed by atoms with van der Waals surface area (Å²) in [6, 6.07) is 6.70. The van der Waals surface area contributed by atoms with Crippen LogP contribution in [0.3, 0.4) is 0 Å². The topological polar surface area (TPSA) is 98.0 Å². The molecular weight excluding hydrogens is 320 g/mol. The minimum absolute atomic E-state index is 0.0883. The highest BCUT2D eigenvalue weighted by Gasteiger charge is 2.18. The normalized spacial score (nSPS) is 11.2. The second kappa shape index (κ2) is 4.91. The summed E-state index contributed by atoms with van der Waals surface area (Å²) < 4.78 is 27.3. The van der Waals surface area contributed by atoms with Gasteiger partial charge in [0.05, 0.1) is 6.20 Å². The molecule has 1 aromatic heterocycles. The van der Waals surface area contributed by atoms with Crippen molar-refractivity contribution in [3.05, 3.63) is 41.3 Å². The number of hydrogen-bond donors (Lipinski definition) is 2. The van der Waals surface area contributed by atoms with E-state index < -0.39 is 10.0 Å². The summed E-state index contributed by atoms with van der Waals surface area (Å²) in [5, 5.41) is 0. The molecule has 0 atom stereocenters. The van der Waals surface area contributed by atoms with Gasteiger partial charge in [0.15, 0.2) is 0 Å². The summed E-state index contributed by atoms with van der Waals surface area (Å²) in [5.74, 6) is -0.0883. The predicted molar refractivity (Wildman–Crippen MR) is 71.4 cm³/mol. The summed E-state index contributed by atoms with van der Waals surface area (Å²) in [6.45, 7) is 0. The summed E-state index contributed by atoms with van der Waals surface area (Å²) in [6.07, 6.45) is 2.34. The number of anilines is 2. The third kappa shape index (κ3) is 2.77. The maximum Gasteiger partial charge on any atom is 0.267 e. The Morgan fingerprint density at radius 1 is 1.22 bits per heavy atom. The van der Waals surface area contributed by atoms with E-state index in [1.807, 2.05) is 0 Å². The van der Waals surface area contributed by atoms with Crippen LogP contribution in [-0.4, -0.2) is 18.4 Å². The number of rotatable bonds is 3. The third-order valence-corrected chi connectivity index (χ3v) is 4.02. The number of sulfonamides is 1. The average Bonchev–Trinajstić information content (AvgIpc) is 2.32. The van der Waals surface area contributed by atoms with Crippen LogP contribution in [0.15, 0.2) is 46.2 Å². The Labute approximate surface area is 112 Å². The van der Waals surface area contributed by atoms with E-state index in [-0.39, 0.29) is 10.7 Å². The van der Waals surface area contributed by atoms with Gasteiger partial charge < -0.3 is 5.73 Å². The zero-order valence-electron chi connectivity index (χ0n) is 9.04. The molecule has 94 valence electrons. The molecule has 0 amide bonds. The van der Waals surface area contributed by atoms with Crippen LogP contribution in [-0.2, 0) is 10.0 Å². The van der Waals surface area contributed by atoms with Gasteiger partial charge in [-0.25, -0.2) is 18.4 Å². The minimum Gasteiger partial charge on any atom is -0.382 e. The summed E-state index contributed by atoms with van der Waals surface area (Å²) in [7, 11) is -3.77. The molecule has 0 aliphatic rings. The van der Waals surface area contributed by atoms with Gasteiger partial charge in [0.25, 0.3) is 10.0 Å². The molecule has 1 aromatic carbocycles. The Morgan fingerprint density at radius 3 is 2.50 bits per heavy atom. The molecule has 0 aliphatic heterocycles. The Bertz CT molecular complexity index is 658. The molecule has 0 saturated carbocycles. The van der Waals surface area contributed by atoms with Gasteiger partial charge >= 0.3 is 0 Å². The summed E-state index contributed by atoms with van der Waals surface area (Å²) >= 11 is 3.26. The maximum atomic E-state index is 12.0. The zero-order chi connectivity index (χ0) is 13.2. The number of halogens is 1. The number of nitrogens with one attached hydrogen (secondary N) is 1. The van der Waals surface area contributed by atoms with Crippen LogP contribution in [0.1, 0.15) is 0 Å². The van der Waals surface area contributed by atoms with Gasteiger partial charge in [-0.1, -0.05) is 15.9 Å². The van der Waals surface area contributed by atoms with Gasteiger partial charge in [0.2, 0.25) is 0 Å². The quantitative estimate of drug-likeness (QED) is 0.892. The lowest BCUT2D eigenvalue weighted by Gasteiger charge is -2.08. The van der Waals surface area contributed by atoms with E-state index in [1.165, 1.54) is 6.33 Å². The average molecular weight is 329 g/mol. The molecule has 8 heteroatoms. The maximum absolute atomic E-state index is 12.0. The molecule has 0 spiro atoms. The molecule has 2 aromatic rings. The smallest absolute Gasteiger partial charge is 0.267 e. The summed E-state index contributed by atoms with van der Waals surface area (Å²) in [5.41, 5.74) is 5.94. The first-order valence-electron chi connectivity index (χ1n) is 4.83. The largest absolute Gasteiger partial charge is 0.382 e. The number of nitrogen functional groups attached to an aromatic ring is 1. The van der Waals surface area contributed by atoms with Crippen molar-refractivity contribution in [2.24, 2.45) is 0 Å².